The number of nitrogens with two attached hydrogens (primary N) is 2. The summed E-state index contributed by atoms with van der Waals surface area (Å²) < 4.78 is 0. The van der Waals surface area contributed by atoms with Gasteiger partial charge < -0.3 is 21.6 Å². The second-order valence-electron chi connectivity index (χ2n) is 3.45. The van der Waals surface area contributed by atoms with E-state index in [1.165, 1.54) is 6.07 Å². The third-order valence-corrected chi connectivity index (χ3v) is 2.29. The van der Waals surface area contributed by atoms with E-state index in [2.05, 4.69) is 4.98 Å². The number of nitrogens with one attached hydrogen (secondary N) is 1. The summed E-state index contributed by atoms with van der Waals surface area (Å²) in [5.74, 6) is 0.0288. The van der Waals surface area contributed by atoms with Crippen molar-refractivity contribution in [2.24, 2.45) is 0 Å². The molecular weight excluding hydrogens is 206 g/mol. The van der Waals surface area contributed by atoms with Crippen molar-refractivity contribution >= 4 is 11.4 Å². The summed E-state index contributed by atoms with van der Waals surface area (Å²) in [6.45, 7) is 0. The van der Waals surface area contributed by atoms with Gasteiger partial charge in [0.15, 0.2) is 0 Å². The number of aromatic hydroxyl groups is 1. The van der Waals surface area contributed by atoms with Crippen LogP contribution in [0.15, 0.2) is 35.3 Å². The minimum Gasteiger partial charge on any atom is -0.506 e. The highest BCUT2D eigenvalue weighted by Gasteiger charge is 2.03. The van der Waals surface area contributed by atoms with Gasteiger partial charge in [0.2, 0.25) is 0 Å². The first-order chi connectivity index (χ1) is 7.58. The van der Waals surface area contributed by atoms with Crippen molar-refractivity contribution < 1.29 is 5.11 Å². The molecule has 5 heteroatoms. The fourth-order valence-electron chi connectivity index (χ4n) is 1.40. The second-order valence-corrected chi connectivity index (χ2v) is 3.45. The molecule has 0 aliphatic heterocycles. The molecule has 0 aliphatic carbocycles. The Balaban J connectivity index is 2.54. The zero-order valence-electron chi connectivity index (χ0n) is 8.40. The Bertz CT molecular complexity index is 590. The van der Waals surface area contributed by atoms with Crippen LogP contribution in [0.5, 0.6) is 5.75 Å². The number of phenolic OH excluding ortho intramolecular Hbond substituents is 1. The summed E-state index contributed by atoms with van der Waals surface area (Å²) >= 11 is 0. The molecule has 0 amide bonds. The zero-order chi connectivity index (χ0) is 11.7. The van der Waals surface area contributed by atoms with E-state index in [0.29, 0.717) is 0 Å². The first kappa shape index (κ1) is 10.1. The van der Waals surface area contributed by atoms with E-state index in [-0.39, 0.29) is 22.7 Å². The molecule has 0 radical (unpaired) electrons. The molecule has 0 spiro atoms. The number of hydrogen-bond acceptors (Lipinski definition) is 4. The maximum Gasteiger partial charge on any atom is 0.271 e. The molecular formula is C11H11N3O2. The molecule has 16 heavy (non-hydrogen) atoms. The van der Waals surface area contributed by atoms with Gasteiger partial charge in [0.25, 0.3) is 5.56 Å². The molecule has 0 saturated heterocycles. The maximum absolute atomic E-state index is 11.1. The quantitative estimate of drug-likeness (QED) is 0.421. The van der Waals surface area contributed by atoms with Gasteiger partial charge in [-0.2, -0.15) is 0 Å². The van der Waals surface area contributed by atoms with Crippen LogP contribution >= 0.6 is 0 Å². The summed E-state index contributed by atoms with van der Waals surface area (Å²) in [7, 11) is 0. The molecule has 0 fully saturated rings. The van der Waals surface area contributed by atoms with E-state index in [4.69, 9.17) is 11.5 Å². The van der Waals surface area contributed by atoms with Crippen LogP contribution in [0.25, 0.3) is 11.1 Å². The molecule has 0 atom stereocenters. The predicted octanol–water partition coefficient (Wildman–Crippen LogP) is 0.912. The minimum absolute atomic E-state index is 0.0288. The largest absolute Gasteiger partial charge is 0.506 e. The third kappa shape index (κ3) is 1.70. The molecule has 2 rings (SSSR count). The molecule has 0 unspecified atom stereocenters. The van der Waals surface area contributed by atoms with Gasteiger partial charge >= 0.3 is 0 Å². The SMILES string of the molecule is Nc1cc(-c2c[nH]c(=O)c(N)c2)ccc1O. The molecule has 0 bridgehead atoms. The molecule has 6 N–H and O–H groups in total. The van der Waals surface area contributed by atoms with E-state index in [9.17, 15) is 9.90 Å². The number of H-pyrrole nitrogens is 1. The van der Waals surface area contributed by atoms with Gasteiger partial charge in [-0.15, -0.1) is 0 Å². The Labute approximate surface area is 91.3 Å². The highest BCUT2D eigenvalue weighted by molar-refractivity contribution is 5.71. The van der Waals surface area contributed by atoms with Gasteiger partial charge in [0.05, 0.1) is 11.4 Å². The van der Waals surface area contributed by atoms with Crippen LogP contribution in [-0.4, -0.2) is 10.1 Å². The van der Waals surface area contributed by atoms with Gasteiger partial charge in [-0.3, -0.25) is 4.79 Å². The number of rotatable bonds is 1. The van der Waals surface area contributed by atoms with Gasteiger partial charge in [0.1, 0.15) is 5.75 Å². The van der Waals surface area contributed by atoms with E-state index in [0.717, 1.165) is 11.1 Å². The van der Waals surface area contributed by atoms with Crippen LogP contribution in [-0.2, 0) is 0 Å². The summed E-state index contributed by atoms with van der Waals surface area (Å²) in [4.78, 5) is 13.6. The number of aromatic amines is 1. The Hall–Kier alpha value is -2.43. The lowest BCUT2D eigenvalue weighted by Gasteiger charge is -2.04. The number of nitrogen functional groups attached to an aromatic ring is 2. The maximum atomic E-state index is 11.1. The van der Waals surface area contributed by atoms with E-state index in [1.807, 2.05) is 0 Å². The molecule has 82 valence electrons. The number of phenols is 1. The standard InChI is InChI=1S/C11H11N3O2/c12-8-3-6(1-2-10(8)15)7-4-9(13)11(16)14-5-7/h1-5,15H,12-13H2,(H,14,16). The Morgan fingerprint density at radius 2 is 1.75 bits per heavy atom. The first-order valence-electron chi connectivity index (χ1n) is 4.65. The smallest absolute Gasteiger partial charge is 0.271 e. The van der Waals surface area contributed by atoms with Gasteiger partial charge in [0, 0.05) is 11.8 Å². The topological polar surface area (TPSA) is 105 Å². The first-order valence-corrected chi connectivity index (χ1v) is 4.65. The third-order valence-electron chi connectivity index (χ3n) is 2.29. The molecule has 0 aliphatic rings. The highest BCUT2D eigenvalue weighted by atomic mass is 16.3. The average molecular weight is 217 g/mol. The lowest BCUT2D eigenvalue weighted by atomic mass is 10.1. The van der Waals surface area contributed by atoms with Gasteiger partial charge in [-0.05, 0) is 23.8 Å². The number of benzene rings is 1. The lowest BCUT2D eigenvalue weighted by molar-refractivity contribution is 0.478. The van der Waals surface area contributed by atoms with Crippen LogP contribution in [0.4, 0.5) is 11.4 Å². The molecule has 0 saturated carbocycles. The van der Waals surface area contributed by atoms with E-state index < -0.39 is 0 Å². The number of pyridine rings is 1. The number of hydrogen-bond donors (Lipinski definition) is 4. The van der Waals surface area contributed by atoms with Crippen LogP contribution in [0.2, 0.25) is 0 Å². The molecule has 2 aromatic rings. The normalized spacial score (nSPS) is 10.2. The van der Waals surface area contributed by atoms with Crippen molar-refractivity contribution in [3.8, 4) is 16.9 Å². The summed E-state index contributed by atoms with van der Waals surface area (Å²) in [5, 5.41) is 9.28. The second kappa shape index (κ2) is 3.62. The van der Waals surface area contributed by atoms with Crippen molar-refractivity contribution in [2.75, 3.05) is 11.5 Å². The summed E-state index contributed by atoms with van der Waals surface area (Å²) in [5.41, 5.74) is 12.7. The fourth-order valence-corrected chi connectivity index (χ4v) is 1.40. The van der Waals surface area contributed by atoms with Crippen molar-refractivity contribution in [3.63, 3.8) is 0 Å². The number of aromatic nitrogens is 1. The molecule has 1 aromatic carbocycles. The zero-order valence-corrected chi connectivity index (χ0v) is 8.40. The Kier molecular flexibility index (Phi) is 2.28. The van der Waals surface area contributed by atoms with Crippen molar-refractivity contribution in [1.82, 2.24) is 4.98 Å². The van der Waals surface area contributed by atoms with E-state index in [1.54, 1.807) is 24.4 Å². The summed E-state index contributed by atoms with van der Waals surface area (Å²) in [6.07, 6.45) is 1.55. The van der Waals surface area contributed by atoms with Crippen molar-refractivity contribution in [1.29, 1.82) is 0 Å². The van der Waals surface area contributed by atoms with Gasteiger partial charge in [-0.1, -0.05) is 6.07 Å². The van der Waals surface area contributed by atoms with Crippen LogP contribution in [0.3, 0.4) is 0 Å². The average Bonchev–Trinajstić information content (AvgIpc) is 2.26. The Morgan fingerprint density at radius 1 is 1.06 bits per heavy atom. The number of anilines is 2. The summed E-state index contributed by atoms with van der Waals surface area (Å²) in [6, 6.07) is 6.36. The van der Waals surface area contributed by atoms with Crippen molar-refractivity contribution in [2.45, 2.75) is 0 Å². The molecule has 1 heterocycles. The Morgan fingerprint density at radius 3 is 2.38 bits per heavy atom. The van der Waals surface area contributed by atoms with E-state index >= 15 is 0 Å². The highest BCUT2D eigenvalue weighted by Crippen LogP contribution is 2.27. The fraction of sp³-hybridized carbons (Fsp3) is 0. The van der Waals surface area contributed by atoms with Gasteiger partial charge in [-0.25, -0.2) is 0 Å². The monoisotopic (exact) mass is 217 g/mol. The molecule has 5 nitrogen and oxygen atoms in total. The van der Waals surface area contributed by atoms with Crippen LogP contribution < -0.4 is 17.0 Å². The predicted molar refractivity (Wildman–Crippen MR) is 63.0 cm³/mol. The minimum atomic E-state index is -0.324. The van der Waals surface area contributed by atoms with Crippen LogP contribution in [0.1, 0.15) is 0 Å². The van der Waals surface area contributed by atoms with Crippen molar-refractivity contribution in [3.05, 3.63) is 40.8 Å². The van der Waals surface area contributed by atoms with Crippen LogP contribution in [0, 0.1) is 0 Å². The molecule has 1 aromatic heterocycles. The lowest BCUT2D eigenvalue weighted by Crippen LogP contribution is -2.10.